The molecule has 0 aromatic carbocycles. The molecule has 0 aliphatic heterocycles. The minimum absolute atomic E-state index is 0.287. The predicted molar refractivity (Wildman–Crippen MR) is 71.7 cm³/mol. The van der Waals surface area contributed by atoms with Crippen molar-refractivity contribution in [1.82, 2.24) is 14.8 Å². The summed E-state index contributed by atoms with van der Waals surface area (Å²) in [5, 5.41) is 14.8. The molecule has 0 radical (unpaired) electrons. The van der Waals surface area contributed by atoms with Gasteiger partial charge >= 0.3 is 0 Å². The van der Waals surface area contributed by atoms with Gasteiger partial charge in [-0.15, -0.1) is 0 Å². The second-order valence-corrected chi connectivity index (χ2v) is 5.78. The van der Waals surface area contributed by atoms with Crippen molar-refractivity contribution in [3.63, 3.8) is 0 Å². The van der Waals surface area contributed by atoms with Crippen molar-refractivity contribution in [2.75, 3.05) is 0 Å². The van der Waals surface area contributed by atoms with Crippen LogP contribution in [0.3, 0.4) is 0 Å². The van der Waals surface area contributed by atoms with Crippen molar-refractivity contribution in [2.24, 2.45) is 11.3 Å². The van der Waals surface area contributed by atoms with Gasteiger partial charge in [-0.1, -0.05) is 46.5 Å². The van der Waals surface area contributed by atoms with E-state index < -0.39 is 5.60 Å². The zero-order valence-electron chi connectivity index (χ0n) is 11.9. The van der Waals surface area contributed by atoms with Crippen molar-refractivity contribution in [2.45, 2.75) is 53.2 Å². The zero-order chi connectivity index (χ0) is 13.8. The van der Waals surface area contributed by atoms with Crippen LogP contribution in [0.15, 0.2) is 12.7 Å². The average Bonchev–Trinajstić information content (AvgIpc) is 2.77. The van der Waals surface area contributed by atoms with E-state index in [1.165, 1.54) is 6.33 Å². The van der Waals surface area contributed by atoms with Gasteiger partial charge in [0.15, 0.2) is 0 Å². The molecule has 0 saturated carbocycles. The first kappa shape index (κ1) is 14.7. The van der Waals surface area contributed by atoms with Crippen LogP contribution in [0.4, 0.5) is 0 Å². The van der Waals surface area contributed by atoms with Crippen molar-refractivity contribution in [3.05, 3.63) is 12.7 Å². The highest BCUT2D eigenvalue weighted by atomic mass is 16.3. The SMILES string of the molecule is CCC(C)C#CC(O)(Cn1cncn1)C(C)(C)C. The van der Waals surface area contributed by atoms with Gasteiger partial charge in [0.25, 0.3) is 0 Å². The van der Waals surface area contributed by atoms with Gasteiger partial charge in [-0.3, -0.25) is 0 Å². The molecule has 2 unspecified atom stereocenters. The minimum atomic E-state index is -1.11. The van der Waals surface area contributed by atoms with Crippen molar-refractivity contribution in [3.8, 4) is 11.8 Å². The van der Waals surface area contributed by atoms with E-state index in [-0.39, 0.29) is 11.3 Å². The van der Waals surface area contributed by atoms with Gasteiger partial charge in [-0.05, 0) is 6.42 Å². The summed E-state index contributed by atoms with van der Waals surface area (Å²) in [6, 6.07) is 0. The lowest BCUT2D eigenvalue weighted by molar-refractivity contribution is -0.0216. The number of aromatic nitrogens is 3. The highest BCUT2D eigenvalue weighted by Gasteiger charge is 2.39. The Morgan fingerprint density at radius 2 is 2.06 bits per heavy atom. The van der Waals surface area contributed by atoms with E-state index in [4.69, 9.17) is 0 Å². The van der Waals surface area contributed by atoms with Gasteiger partial charge in [0, 0.05) is 11.3 Å². The van der Waals surface area contributed by atoms with Gasteiger partial charge in [-0.2, -0.15) is 5.10 Å². The number of aliphatic hydroxyl groups is 1. The highest BCUT2D eigenvalue weighted by molar-refractivity contribution is 5.19. The normalized spacial score (nSPS) is 16.6. The Bertz CT molecular complexity index is 422. The molecule has 1 N–H and O–H groups in total. The molecule has 0 aliphatic rings. The van der Waals surface area contributed by atoms with Crippen LogP contribution in [-0.2, 0) is 6.54 Å². The van der Waals surface area contributed by atoms with Crippen molar-refractivity contribution in [1.29, 1.82) is 0 Å². The smallest absolute Gasteiger partial charge is 0.149 e. The standard InChI is InChI=1S/C14H23N3O/c1-6-12(2)7-8-14(18,13(3,4)5)9-17-11-15-10-16-17/h10-12,18H,6,9H2,1-5H3. The summed E-state index contributed by atoms with van der Waals surface area (Å²) in [4.78, 5) is 3.89. The van der Waals surface area contributed by atoms with Gasteiger partial charge in [0.2, 0.25) is 0 Å². The molecule has 2 atom stereocenters. The third kappa shape index (κ3) is 3.58. The van der Waals surface area contributed by atoms with E-state index in [0.29, 0.717) is 6.54 Å². The second kappa shape index (κ2) is 5.53. The molecule has 1 heterocycles. The van der Waals surface area contributed by atoms with Crippen LogP contribution in [0.2, 0.25) is 0 Å². The Balaban J connectivity index is 2.99. The summed E-state index contributed by atoms with van der Waals surface area (Å²) in [5.74, 6) is 6.46. The van der Waals surface area contributed by atoms with E-state index in [9.17, 15) is 5.11 Å². The predicted octanol–water partition coefficient (Wildman–Crippen LogP) is 2.10. The van der Waals surface area contributed by atoms with E-state index >= 15 is 0 Å². The van der Waals surface area contributed by atoms with Gasteiger partial charge in [0.1, 0.15) is 18.3 Å². The van der Waals surface area contributed by atoms with Crippen LogP contribution in [0, 0.1) is 23.2 Å². The first-order chi connectivity index (χ1) is 8.28. The Hall–Kier alpha value is -1.34. The van der Waals surface area contributed by atoms with Crippen LogP contribution < -0.4 is 0 Å². The average molecular weight is 249 g/mol. The van der Waals surface area contributed by atoms with Gasteiger partial charge < -0.3 is 5.11 Å². The van der Waals surface area contributed by atoms with Crippen LogP contribution in [0.25, 0.3) is 0 Å². The molecule has 0 bridgehead atoms. The van der Waals surface area contributed by atoms with Crippen molar-refractivity contribution < 1.29 is 5.11 Å². The molecule has 100 valence electrons. The third-order valence-corrected chi connectivity index (χ3v) is 3.24. The number of rotatable bonds is 3. The number of hydrogen-bond acceptors (Lipinski definition) is 3. The summed E-state index contributed by atoms with van der Waals surface area (Å²) in [6.45, 7) is 10.4. The first-order valence-electron chi connectivity index (χ1n) is 6.36. The Morgan fingerprint density at radius 3 is 2.50 bits per heavy atom. The maximum absolute atomic E-state index is 10.8. The summed E-state index contributed by atoms with van der Waals surface area (Å²) in [6.07, 6.45) is 4.05. The Kier molecular flexibility index (Phi) is 4.53. The van der Waals surface area contributed by atoms with E-state index in [1.807, 2.05) is 20.8 Å². The third-order valence-electron chi connectivity index (χ3n) is 3.24. The summed E-state index contributed by atoms with van der Waals surface area (Å²) >= 11 is 0. The second-order valence-electron chi connectivity index (χ2n) is 5.78. The molecule has 0 saturated heterocycles. The Morgan fingerprint density at radius 1 is 1.39 bits per heavy atom. The molecule has 0 amide bonds. The quantitative estimate of drug-likeness (QED) is 0.835. The van der Waals surface area contributed by atoms with Crippen LogP contribution >= 0.6 is 0 Å². The zero-order valence-corrected chi connectivity index (χ0v) is 11.9. The monoisotopic (exact) mass is 249 g/mol. The number of nitrogens with zero attached hydrogens (tertiary/aromatic N) is 3. The molecule has 0 fully saturated rings. The lowest BCUT2D eigenvalue weighted by atomic mass is 9.76. The van der Waals surface area contributed by atoms with Crippen LogP contribution in [0.5, 0.6) is 0 Å². The molecule has 18 heavy (non-hydrogen) atoms. The van der Waals surface area contributed by atoms with E-state index in [0.717, 1.165) is 6.42 Å². The molecule has 1 aromatic heterocycles. The van der Waals surface area contributed by atoms with Gasteiger partial charge in [0.05, 0.1) is 6.54 Å². The maximum atomic E-state index is 10.8. The molecule has 0 aliphatic carbocycles. The van der Waals surface area contributed by atoms with E-state index in [1.54, 1.807) is 11.0 Å². The molecule has 1 rings (SSSR count). The number of hydrogen-bond donors (Lipinski definition) is 1. The molecule has 0 spiro atoms. The topological polar surface area (TPSA) is 50.9 Å². The van der Waals surface area contributed by atoms with Gasteiger partial charge in [-0.25, -0.2) is 9.67 Å². The fourth-order valence-electron chi connectivity index (χ4n) is 1.36. The minimum Gasteiger partial charge on any atom is -0.375 e. The first-order valence-corrected chi connectivity index (χ1v) is 6.36. The summed E-state index contributed by atoms with van der Waals surface area (Å²) < 4.78 is 1.62. The molecule has 4 nitrogen and oxygen atoms in total. The Labute approximate surface area is 109 Å². The van der Waals surface area contributed by atoms with Crippen LogP contribution in [0.1, 0.15) is 41.0 Å². The molecule has 4 heteroatoms. The fraction of sp³-hybridized carbons (Fsp3) is 0.714. The highest BCUT2D eigenvalue weighted by Crippen LogP contribution is 2.31. The summed E-state index contributed by atoms with van der Waals surface area (Å²) in [5.41, 5.74) is -1.45. The van der Waals surface area contributed by atoms with E-state index in [2.05, 4.69) is 35.8 Å². The van der Waals surface area contributed by atoms with Crippen molar-refractivity contribution >= 4 is 0 Å². The molecular weight excluding hydrogens is 226 g/mol. The fourth-order valence-corrected chi connectivity index (χ4v) is 1.36. The maximum Gasteiger partial charge on any atom is 0.149 e. The lowest BCUT2D eigenvalue weighted by Gasteiger charge is -2.35. The summed E-state index contributed by atoms with van der Waals surface area (Å²) in [7, 11) is 0. The van der Waals surface area contributed by atoms with Crippen LogP contribution in [-0.4, -0.2) is 25.5 Å². The molecule has 1 aromatic rings. The molecular formula is C14H23N3O. The largest absolute Gasteiger partial charge is 0.375 e. The lowest BCUT2D eigenvalue weighted by Crippen LogP contribution is -2.45.